The van der Waals surface area contributed by atoms with Crippen molar-refractivity contribution in [3.05, 3.63) is 28.2 Å². The van der Waals surface area contributed by atoms with Crippen LogP contribution in [0, 0.1) is 0 Å². The van der Waals surface area contributed by atoms with Gasteiger partial charge in [0.05, 0.1) is 6.04 Å². The van der Waals surface area contributed by atoms with Crippen LogP contribution in [-0.4, -0.2) is 42.4 Å². The number of Topliss-reactive ketones (excluding diaryl/α,β-unsaturated/α-hetero) is 1. The predicted octanol–water partition coefficient (Wildman–Crippen LogP) is 2.23. The van der Waals surface area contributed by atoms with E-state index in [0.717, 1.165) is 38.9 Å². The molecule has 0 amide bonds. The highest BCUT2D eigenvalue weighted by Crippen LogP contribution is 2.39. The zero-order valence-electron chi connectivity index (χ0n) is 10.8. The minimum Gasteiger partial charge on any atom is -0.365 e. The Bertz CT molecular complexity index is 545. The highest BCUT2D eigenvalue weighted by molar-refractivity contribution is 9.10. The first-order valence-electron chi connectivity index (χ1n) is 7.05. The van der Waals surface area contributed by atoms with Gasteiger partial charge in [0.15, 0.2) is 0 Å². The third-order valence-electron chi connectivity index (χ3n) is 4.83. The van der Waals surface area contributed by atoms with Crippen LogP contribution >= 0.6 is 15.9 Å². The molecule has 2 heterocycles. The van der Waals surface area contributed by atoms with Gasteiger partial charge in [-0.3, -0.25) is 9.69 Å². The van der Waals surface area contributed by atoms with Crippen molar-refractivity contribution in [3.8, 4) is 0 Å². The van der Waals surface area contributed by atoms with Crippen molar-refractivity contribution >= 4 is 27.4 Å². The van der Waals surface area contributed by atoms with Crippen LogP contribution in [0.2, 0.25) is 0 Å². The van der Waals surface area contributed by atoms with E-state index in [9.17, 15) is 4.79 Å². The van der Waals surface area contributed by atoms with E-state index in [4.69, 9.17) is 0 Å². The minimum absolute atomic E-state index is 0.231. The van der Waals surface area contributed by atoms with E-state index in [0.29, 0.717) is 11.8 Å². The Hall–Kier alpha value is -0.870. The number of nitrogens with zero attached hydrogens (tertiary/aromatic N) is 2. The molecule has 1 saturated heterocycles. The molecule has 0 radical (unpaired) electrons. The van der Waals surface area contributed by atoms with Crippen molar-refractivity contribution in [2.75, 3.05) is 24.5 Å². The number of anilines is 1. The fourth-order valence-electron chi connectivity index (χ4n) is 3.69. The van der Waals surface area contributed by atoms with E-state index in [1.807, 2.05) is 0 Å². The summed E-state index contributed by atoms with van der Waals surface area (Å²) in [5.74, 6) is 0.449. The molecule has 2 atom stereocenters. The minimum atomic E-state index is 0.231. The first-order valence-corrected chi connectivity index (χ1v) is 7.84. The second-order valence-corrected chi connectivity index (χ2v) is 6.66. The van der Waals surface area contributed by atoms with Crippen LogP contribution in [0.3, 0.4) is 0 Å². The number of piperazine rings is 1. The number of ketones is 1. The molecule has 1 aliphatic carbocycles. The number of halogens is 1. The predicted molar refractivity (Wildman–Crippen MR) is 78.6 cm³/mol. The maximum absolute atomic E-state index is 11.6. The van der Waals surface area contributed by atoms with Gasteiger partial charge in [0, 0.05) is 42.3 Å². The zero-order chi connectivity index (χ0) is 13.0. The lowest BCUT2D eigenvalue weighted by molar-refractivity contribution is -0.131. The molecule has 0 bridgehead atoms. The van der Waals surface area contributed by atoms with Gasteiger partial charge < -0.3 is 4.90 Å². The van der Waals surface area contributed by atoms with Crippen LogP contribution in [0.15, 0.2) is 22.7 Å². The summed E-state index contributed by atoms with van der Waals surface area (Å²) in [7, 11) is 0. The SMILES string of the molecule is O=C1CC[C@@H]1N1CCN2c3cccc(Br)c3CC2C1. The van der Waals surface area contributed by atoms with Gasteiger partial charge in [-0.15, -0.1) is 0 Å². The first kappa shape index (κ1) is 11.9. The van der Waals surface area contributed by atoms with Crippen molar-refractivity contribution in [2.24, 2.45) is 0 Å². The topological polar surface area (TPSA) is 23.6 Å². The van der Waals surface area contributed by atoms with Crippen LogP contribution in [-0.2, 0) is 11.2 Å². The zero-order valence-corrected chi connectivity index (χ0v) is 12.4. The molecule has 0 spiro atoms. The molecule has 2 fully saturated rings. The molecule has 4 heteroatoms. The molecule has 1 aromatic carbocycles. The summed E-state index contributed by atoms with van der Waals surface area (Å²) in [4.78, 5) is 16.6. The Labute approximate surface area is 121 Å². The van der Waals surface area contributed by atoms with Crippen LogP contribution in [0.1, 0.15) is 18.4 Å². The fourth-order valence-corrected chi connectivity index (χ4v) is 4.20. The molecule has 1 saturated carbocycles. The number of fused-ring (bicyclic) bond motifs is 3. The molecule has 19 heavy (non-hydrogen) atoms. The van der Waals surface area contributed by atoms with Crippen molar-refractivity contribution in [1.29, 1.82) is 0 Å². The second-order valence-electron chi connectivity index (χ2n) is 5.80. The van der Waals surface area contributed by atoms with E-state index in [1.165, 1.54) is 15.7 Å². The highest BCUT2D eigenvalue weighted by atomic mass is 79.9. The maximum Gasteiger partial charge on any atom is 0.150 e. The molecule has 100 valence electrons. The van der Waals surface area contributed by atoms with Gasteiger partial charge in [-0.05, 0) is 30.5 Å². The Morgan fingerprint density at radius 2 is 2.16 bits per heavy atom. The lowest BCUT2D eigenvalue weighted by Gasteiger charge is -2.44. The normalized spacial score (nSPS) is 29.9. The molecule has 0 N–H and O–H groups in total. The average molecular weight is 321 g/mol. The molecule has 3 aliphatic rings. The molecule has 1 unspecified atom stereocenters. The monoisotopic (exact) mass is 320 g/mol. The molecule has 4 rings (SSSR count). The van der Waals surface area contributed by atoms with Gasteiger partial charge in [-0.1, -0.05) is 22.0 Å². The fraction of sp³-hybridized carbons (Fsp3) is 0.533. The average Bonchev–Trinajstić information content (AvgIpc) is 2.76. The van der Waals surface area contributed by atoms with E-state index in [-0.39, 0.29) is 6.04 Å². The number of carbonyl (C=O) groups is 1. The van der Waals surface area contributed by atoms with Gasteiger partial charge in [0.2, 0.25) is 0 Å². The van der Waals surface area contributed by atoms with Crippen LogP contribution in [0.25, 0.3) is 0 Å². The Morgan fingerprint density at radius 3 is 2.89 bits per heavy atom. The Kier molecular flexibility index (Phi) is 2.71. The number of hydrogen-bond donors (Lipinski definition) is 0. The molecular weight excluding hydrogens is 304 g/mol. The second kappa shape index (κ2) is 4.32. The number of hydrogen-bond acceptors (Lipinski definition) is 3. The summed E-state index contributed by atoms with van der Waals surface area (Å²) in [6.07, 6.45) is 2.97. The van der Waals surface area contributed by atoms with Crippen molar-refractivity contribution in [3.63, 3.8) is 0 Å². The van der Waals surface area contributed by atoms with Gasteiger partial charge in [-0.25, -0.2) is 0 Å². The maximum atomic E-state index is 11.6. The molecule has 1 aromatic rings. The summed E-state index contributed by atoms with van der Waals surface area (Å²) in [5, 5.41) is 0. The van der Waals surface area contributed by atoms with E-state index < -0.39 is 0 Å². The number of benzene rings is 1. The molecule has 2 aliphatic heterocycles. The summed E-state index contributed by atoms with van der Waals surface area (Å²) < 4.78 is 1.23. The molecule has 0 aromatic heterocycles. The highest BCUT2D eigenvalue weighted by Gasteiger charge is 2.40. The van der Waals surface area contributed by atoms with Crippen LogP contribution in [0.5, 0.6) is 0 Å². The van der Waals surface area contributed by atoms with E-state index in [1.54, 1.807) is 0 Å². The Balaban J connectivity index is 1.56. The van der Waals surface area contributed by atoms with Crippen molar-refractivity contribution in [1.82, 2.24) is 4.90 Å². The van der Waals surface area contributed by atoms with Crippen molar-refractivity contribution < 1.29 is 4.79 Å². The summed E-state index contributed by atoms with van der Waals surface area (Å²) in [6.45, 7) is 3.12. The quantitative estimate of drug-likeness (QED) is 0.792. The first-order chi connectivity index (χ1) is 9.24. The summed E-state index contributed by atoms with van der Waals surface area (Å²) in [5.41, 5.74) is 2.83. The largest absolute Gasteiger partial charge is 0.365 e. The lowest BCUT2D eigenvalue weighted by atomic mass is 9.88. The molecule has 3 nitrogen and oxygen atoms in total. The Morgan fingerprint density at radius 1 is 1.26 bits per heavy atom. The third-order valence-corrected chi connectivity index (χ3v) is 5.58. The third kappa shape index (κ3) is 1.77. The standard InChI is InChI=1S/C15H17BrN2O/c16-12-2-1-3-13-11(12)8-10-9-17(6-7-18(10)13)14-4-5-15(14)19/h1-3,10,14H,4-9H2/t10?,14-/m0/s1. The number of carbonyl (C=O) groups excluding carboxylic acids is 1. The van der Waals surface area contributed by atoms with Gasteiger partial charge in [0.1, 0.15) is 5.78 Å². The summed E-state index contributed by atoms with van der Waals surface area (Å²) in [6, 6.07) is 7.26. The van der Waals surface area contributed by atoms with E-state index >= 15 is 0 Å². The lowest BCUT2D eigenvalue weighted by Crippen LogP contribution is -2.59. The van der Waals surface area contributed by atoms with Gasteiger partial charge in [-0.2, -0.15) is 0 Å². The molecular formula is C15H17BrN2O. The van der Waals surface area contributed by atoms with Crippen LogP contribution < -0.4 is 4.90 Å². The number of rotatable bonds is 1. The van der Waals surface area contributed by atoms with Gasteiger partial charge in [0.25, 0.3) is 0 Å². The van der Waals surface area contributed by atoms with Crippen molar-refractivity contribution in [2.45, 2.75) is 31.3 Å². The van der Waals surface area contributed by atoms with Crippen LogP contribution in [0.4, 0.5) is 5.69 Å². The van der Waals surface area contributed by atoms with Gasteiger partial charge >= 0.3 is 0 Å². The smallest absolute Gasteiger partial charge is 0.150 e. The van der Waals surface area contributed by atoms with E-state index in [2.05, 4.69) is 43.9 Å². The summed E-state index contributed by atoms with van der Waals surface area (Å²) >= 11 is 3.67.